The van der Waals surface area contributed by atoms with Gasteiger partial charge in [0.2, 0.25) is 0 Å². The predicted molar refractivity (Wildman–Crippen MR) is 71.7 cm³/mol. The summed E-state index contributed by atoms with van der Waals surface area (Å²) in [4.78, 5) is 22.5. The summed E-state index contributed by atoms with van der Waals surface area (Å²) in [5.41, 5.74) is 0.950. The van der Waals surface area contributed by atoms with Gasteiger partial charge < -0.3 is 4.57 Å². The Morgan fingerprint density at radius 3 is 2.44 bits per heavy atom. The highest BCUT2D eigenvalue weighted by Crippen LogP contribution is 2.11. The molecular weight excluding hydrogens is 273 g/mol. The number of pyridine rings is 1. The molecule has 0 saturated carbocycles. The van der Waals surface area contributed by atoms with E-state index in [-0.39, 0.29) is 10.6 Å². The molecule has 0 bridgehead atoms. The van der Waals surface area contributed by atoms with Gasteiger partial charge in [-0.05, 0) is 23.8 Å². The summed E-state index contributed by atoms with van der Waals surface area (Å²) < 4.78 is 1.40. The van der Waals surface area contributed by atoms with Gasteiger partial charge in [-0.3, -0.25) is 9.59 Å². The van der Waals surface area contributed by atoms with Crippen LogP contribution in [0.4, 0.5) is 0 Å². The second kappa shape index (κ2) is 5.38. The number of halogens is 2. The molecule has 0 N–H and O–H groups in total. The normalized spacial score (nSPS) is 10.3. The molecule has 0 amide bonds. The van der Waals surface area contributed by atoms with Gasteiger partial charge in [-0.1, -0.05) is 35.3 Å². The molecule has 0 atom stereocenters. The molecule has 0 unspecified atom stereocenters. The van der Waals surface area contributed by atoms with Gasteiger partial charge in [0.05, 0.1) is 6.54 Å². The van der Waals surface area contributed by atoms with Crippen molar-refractivity contribution in [3.63, 3.8) is 0 Å². The first kappa shape index (κ1) is 12.9. The first-order valence-electron chi connectivity index (χ1n) is 5.20. The molecule has 0 radical (unpaired) electrons. The van der Waals surface area contributed by atoms with Gasteiger partial charge in [-0.2, -0.15) is 0 Å². The number of hydrogen-bond donors (Lipinski definition) is 0. The molecule has 0 aliphatic rings. The molecule has 0 aliphatic heterocycles. The third kappa shape index (κ3) is 2.81. The van der Waals surface area contributed by atoms with Crippen LogP contribution in [0.1, 0.15) is 15.9 Å². The number of benzene rings is 1. The number of hydrogen-bond acceptors (Lipinski definition) is 2. The van der Waals surface area contributed by atoms with Crippen molar-refractivity contribution in [3.8, 4) is 0 Å². The van der Waals surface area contributed by atoms with Crippen LogP contribution in [-0.4, -0.2) is 10.9 Å². The smallest absolute Gasteiger partial charge is 0.269 e. The third-order valence-electron chi connectivity index (χ3n) is 2.47. The van der Waals surface area contributed by atoms with E-state index in [9.17, 15) is 9.59 Å². The van der Waals surface area contributed by atoms with Gasteiger partial charge in [0.25, 0.3) is 5.56 Å². The average molecular weight is 282 g/mol. The molecule has 5 heteroatoms. The van der Waals surface area contributed by atoms with E-state index < -0.39 is 0 Å². The highest BCUT2D eigenvalue weighted by atomic mass is 35.5. The molecule has 2 aromatic rings. The van der Waals surface area contributed by atoms with E-state index in [4.69, 9.17) is 23.2 Å². The zero-order valence-corrected chi connectivity index (χ0v) is 10.8. The van der Waals surface area contributed by atoms with Crippen molar-refractivity contribution in [1.82, 2.24) is 4.57 Å². The van der Waals surface area contributed by atoms with Crippen LogP contribution in [0.15, 0.2) is 41.3 Å². The fourth-order valence-corrected chi connectivity index (χ4v) is 1.95. The van der Waals surface area contributed by atoms with E-state index in [1.54, 1.807) is 12.1 Å². The van der Waals surface area contributed by atoms with Crippen LogP contribution in [0.25, 0.3) is 0 Å². The maximum absolute atomic E-state index is 11.8. The predicted octanol–water partition coefficient (Wildman–Crippen LogP) is 3.02. The summed E-state index contributed by atoms with van der Waals surface area (Å²) in [7, 11) is 0. The highest BCUT2D eigenvalue weighted by molar-refractivity contribution is 6.30. The molecule has 2 rings (SSSR count). The lowest BCUT2D eigenvalue weighted by Gasteiger charge is -2.07. The fourth-order valence-electron chi connectivity index (χ4n) is 1.59. The van der Waals surface area contributed by atoms with Crippen molar-refractivity contribution >= 4 is 29.5 Å². The number of rotatable bonds is 3. The molecular formula is C13H9Cl2NO2. The highest BCUT2D eigenvalue weighted by Gasteiger charge is 2.05. The van der Waals surface area contributed by atoms with Gasteiger partial charge in [0, 0.05) is 16.8 Å². The van der Waals surface area contributed by atoms with Gasteiger partial charge >= 0.3 is 0 Å². The zero-order valence-electron chi connectivity index (χ0n) is 9.27. The van der Waals surface area contributed by atoms with Crippen LogP contribution in [0.3, 0.4) is 0 Å². The van der Waals surface area contributed by atoms with Crippen molar-refractivity contribution < 1.29 is 4.79 Å². The number of nitrogens with zero attached hydrogens (tertiary/aromatic N) is 1. The number of aldehydes is 1. The van der Waals surface area contributed by atoms with Crippen LogP contribution < -0.4 is 5.56 Å². The van der Waals surface area contributed by atoms with Crippen LogP contribution in [0.5, 0.6) is 0 Å². The molecule has 92 valence electrons. The molecule has 1 aromatic carbocycles. The van der Waals surface area contributed by atoms with Gasteiger partial charge in [0.15, 0.2) is 6.29 Å². The minimum atomic E-state index is -0.322. The van der Waals surface area contributed by atoms with E-state index in [2.05, 4.69) is 0 Å². The quantitative estimate of drug-likeness (QED) is 0.812. The molecule has 3 nitrogen and oxygen atoms in total. The molecule has 0 aliphatic carbocycles. The fraction of sp³-hybridized carbons (Fsp3) is 0.0769. The summed E-state index contributed by atoms with van der Waals surface area (Å²) >= 11 is 11.6. The van der Waals surface area contributed by atoms with E-state index in [1.807, 2.05) is 12.1 Å². The molecule has 0 saturated heterocycles. The standard InChI is InChI=1S/C13H9Cl2NO2/c14-11-3-1-9(2-4-11)6-16-7-10(8-17)5-12(15)13(16)18/h1-5,7-8H,6H2. The van der Waals surface area contributed by atoms with Crippen molar-refractivity contribution in [3.05, 3.63) is 68.1 Å². The maximum Gasteiger partial charge on any atom is 0.269 e. The van der Waals surface area contributed by atoms with Crippen LogP contribution in [0.2, 0.25) is 10.0 Å². The Morgan fingerprint density at radius 1 is 1.17 bits per heavy atom. The topological polar surface area (TPSA) is 39.1 Å². The monoisotopic (exact) mass is 281 g/mol. The Balaban J connectivity index is 2.39. The lowest BCUT2D eigenvalue weighted by atomic mass is 10.2. The van der Waals surface area contributed by atoms with Crippen molar-refractivity contribution in [2.24, 2.45) is 0 Å². The van der Waals surface area contributed by atoms with E-state index in [0.29, 0.717) is 23.4 Å². The first-order chi connectivity index (χ1) is 8.60. The summed E-state index contributed by atoms with van der Waals surface area (Å²) in [6.45, 7) is 0.345. The first-order valence-corrected chi connectivity index (χ1v) is 5.95. The molecule has 1 aromatic heterocycles. The molecule has 0 fully saturated rings. The van der Waals surface area contributed by atoms with Crippen molar-refractivity contribution in [2.45, 2.75) is 6.54 Å². The number of carbonyl (C=O) groups excluding carboxylic acids is 1. The lowest BCUT2D eigenvalue weighted by molar-refractivity contribution is 0.112. The second-order valence-electron chi connectivity index (χ2n) is 3.80. The van der Waals surface area contributed by atoms with Gasteiger partial charge in [-0.15, -0.1) is 0 Å². The zero-order chi connectivity index (χ0) is 13.1. The Hall–Kier alpha value is -1.58. The van der Waals surface area contributed by atoms with Crippen molar-refractivity contribution in [1.29, 1.82) is 0 Å². The molecule has 1 heterocycles. The van der Waals surface area contributed by atoms with Crippen LogP contribution in [0, 0.1) is 0 Å². The molecule has 18 heavy (non-hydrogen) atoms. The Kier molecular flexibility index (Phi) is 3.84. The van der Waals surface area contributed by atoms with E-state index in [1.165, 1.54) is 16.8 Å². The average Bonchev–Trinajstić information content (AvgIpc) is 2.37. The second-order valence-corrected chi connectivity index (χ2v) is 4.64. The SMILES string of the molecule is O=Cc1cc(Cl)c(=O)n(Cc2ccc(Cl)cc2)c1. The number of aromatic nitrogens is 1. The summed E-state index contributed by atoms with van der Waals surface area (Å²) in [5, 5.41) is 0.666. The van der Waals surface area contributed by atoms with E-state index in [0.717, 1.165) is 5.56 Å². The maximum atomic E-state index is 11.8. The van der Waals surface area contributed by atoms with Gasteiger partial charge in [0.1, 0.15) is 5.02 Å². The summed E-state index contributed by atoms with van der Waals surface area (Å²) in [5.74, 6) is 0. The van der Waals surface area contributed by atoms with E-state index >= 15 is 0 Å². The minimum Gasteiger partial charge on any atom is -0.309 e. The Labute approximate surface area is 114 Å². The van der Waals surface area contributed by atoms with Gasteiger partial charge in [-0.25, -0.2) is 0 Å². The number of carbonyl (C=O) groups is 1. The van der Waals surface area contributed by atoms with Crippen LogP contribution in [-0.2, 0) is 6.54 Å². The summed E-state index contributed by atoms with van der Waals surface area (Å²) in [6.07, 6.45) is 2.14. The summed E-state index contributed by atoms with van der Waals surface area (Å²) in [6, 6.07) is 8.47. The molecule has 0 spiro atoms. The lowest BCUT2D eigenvalue weighted by Crippen LogP contribution is -2.21. The largest absolute Gasteiger partial charge is 0.309 e. The Bertz CT molecular complexity index is 632. The van der Waals surface area contributed by atoms with Crippen molar-refractivity contribution in [2.75, 3.05) is 0 Å². The minimum absolute atomic E-state index is 0.0357. The Morgan fingerprint density at radius 2 is 1.83 bits per heavy atom. The third-order valence-corrected chi connectivity index (χ3v) is 2.99. The van der Waals surface area contributed by atoms with Crippen LogP contribution >= 0.6 is 23.2 Å².